The Morgan fingerprint density at radius 2 is 2.12 bits per heavy atom. The van der Waals surface area contributed by atoms with Crippen LogP contribution >= 0.6 is 23.4 Å². The first-order valence-electron chi connectivity index (χ1n) is 10.1. The fourth-order valence-corrected chi connectivity index (χ4v) is 3.83. The Bertz CT molecular complexity index is 1140. The van der Waals surface area contributed by atoms with Crippen molar-refractivity contribution < 1.29 is 9.72 Å². The van der Waals surface area contributed by atoms with E-state index in [1.165, 1.54) is 18.2 Å². The zero-order valence-electron chi connectivity index (χ0n) is 18.0. The van der Waals surface area contributed by atoms with Crippen molar-refractivity contribution in [3.63, 3.8) is 0 Å². The zero-order valence-corrected chi connectivity index (χ0v) is 19.5. The maximum absolute atomic E-state index is 12.5. The molecule has 1 aromatic carbocycles. The lowest BCUT2D eigenvalue weighted by molar-refractivity contribution is -0.385. The third-order valence-corrected chi connectivity index (χ3v) is 5.63. The van der Waals surface area contributed by atoms with E-state index in [1.807, 2.05) is 13.8 Å². The second kappa shape index (κ2) is 10.6. The first-order chi connectivity index (χ1) is 15.3. The summed E-state index contributed by atoms with van der Waals surface area (Å²) in [5, 5.41) is 23.3. The lowest BCUT2D eigenvalue weighted by atomic mass is 10.1. The fourth-order valence-electron chi connectivity index (χ4n) is 2.96. The fraction of sp³-hybridized carbons (Fsp3) is 0.400. The van der Waals surface area contributed by atoms with Gasteiger partial charge in [-0.05, 0) is 32.4 Å². The van der Waals surface area contributed by atoms with Gasteiger partial charge in [0, 0.05) is 29.4 Å². The van der Waals surface area contributed by atoms with Crippen molar-refractivity contribution >= 4 is 51.8 Å². The number of hydrogen-bond donors (Lipinski definition) is 2. The molecule has 0 aliphatic carbocycles. The van der Waals surface area contributed by atoms with Crippen molar-refractivity contribution in [2.75, 3.05) is 17.6 Å². The monoisotopic (exact) mass is 477 g/mol. The molecule has 2 N–H and O–H groups in total. The Labute approximate surface area is 194 Å². The third-order valence-electron chi connectivity index (χ3n) is 4.35. The maximum Gasteiger partial charge on any atom is 0.282 e. The number of nitrogens with zero attached hydrogens (tertiary/aromatic N) is 5. The summed E-state index contributed by atoms with van der Waals surface area (Å²) in [6, 6.07) is 4.07. The molecule has 0 saturated heterocycles. The first kappa shape index (κ1) is 23.7. The standard InChI is InChI=1S/C20H24ClN7O3S/c1-4-9-32-20-25-17(24-12(2)3)15-11-23-27(18(15)26-20)8-7-22-19(29)14-10-13(21)5-6-16(14)28(30)31/h5-6,10-12H,4,7-9H2,1-3H3,(H,22,29)(H,24,25,26). The molecule has 0 radical (unpaired) electrons. The number of benzene rings is 1. The summed E-state index contributed by atoms with van der Waals surface area (Å²) >= 11 is 7.48. The van der Waals surface area contributed by atoms with E-state index in [4.69, 9.17) is 11.6 Å². The van der Waals surface area contributed by atoms with Crippen molar-refractivity contribution in [2.45, 2.75) is 44.9 Å². The molecule has 0 saturated carbocycles. The van der Waals surface area contributed by atoms with E-state index in [0.29, 0.717) is 23.2 Å². The molecule has 0 unspecified atom stereocenters. The number of carbonyl (C=O) groups excluding carboxylic acids is 1. The molecule has 170 valence electrons. The number of halogens is 1. The molecule has 0 fully saturated rings. The highest BCUT2D eigenvalue weighted by atomic mass is 35.5. The van der Waals surface area contributed by atoms with Crippen LogP contribution in [0.4, 0.5) is 11.5 Å². The van der Waals surface area contributed by atoms with Crippen LogP contribution in [0.3, 0.4) is 0 Å². The summed E-state index contributed by atoms with van der Waals surface area (Å²) in [6.07, 6.45) is 2.69. The Morgan fingerprint density at radius 3 is 2.81 bits per heavy atom. The van der Waals surface area contributed by atoms with Crippen molar-refractivity contribution in [3.8, 4) is 0 Å². The maximum atomic E-state index is 12.5. The summed E-state index contributed by atoms with van der Waals surface area (Å²) < 4.78 is 1.69. The highest BCUT2D eigenvalue weighted by molar-refractivity contribution is 7.99. The van der Waals surface area contributed by atoms with E-state index in [9.17, 15) is 14.9 Å². The SMILES string of the molecule is CCCSc1nc(NC(C)C)c2cnn(CCNC(=O)c3cc(Cl)ccc3[N+](=O)[O-])c2n1. The largest absolute Gasteiger partial charge is 0.367 e. The Hall–Kier alpha value is -2.92. The first-order valence-corrected chi connectivity index (χ1v) is 11.5. The molecular weight excluding hydrogens is 454 g/mol. The molecule has 0 atom stereocenters. The number of amides is 1. The van der Waals surface area contributed by atoms with E-state index in [0.717, 1.165) is 17.6 Å². The molecule has 0 aliphatic rings. The number of nitro groups is 1. The Kier molecular flexibility index (Phi) is 7.86. The Balaban J connectivity index is 1.78. The second-order valence-electron chi connectivity index (χ2n) is 7.28. The van der Waals surface area contributed by atoms with E-state index in [-0.39, 0.29) is 28.9 Å². The van der Waals surface area contributed by atoms with Gasteiger partial charge in [0.05, 0.1) is 23.1 Å². The number of thioether (sulfide) groups is 1. The molecule has 3 rings (SSSR count). The molecule has 12 heteroatoms. The van der Waals surface area contributed by atoms with Gasteiger partial charge in [0.1, 0.15) is 11.4 Å². The number of nitrogens with one attached hydrogen (secondary N) is 2. The van der Waals surface area contributed by atoms with Gasteiger partial charge >= 0.3 is 0 Å². The quantitative estimate of drug-likeness (QED) is 0.193. The van der Waals surface area contributed by atoms with Crippen LogP contribution in [0.2, 0.25) is 5.02 Å². The average molecular weight is 478 g/mol. The van der Waals surface area contributed by atoms with Gasteiger partial charge in [-0.25, -0.2) is 14.6 Å². The van der Waals surface area contributed by atoms with Gasteiger partial charge < -0.3 is 10.6 Å². The van der Waals surface area contributed by atoms with Crippen LogP contribution in [0.5, 0.6) is 0 Å². The highest BCUT2D eigenvalue weighted by Crippen LogP contribution is 2.25. The molecule has 0 bridgehead atoms. The van der Waals surface area contributed by atoms with Crippen LogP contribution in [0, 0.1) is 10.1 Å². The van der Waals surface area contributed by atoms with Crippen LogP contribution in [0.1, 0.15) is 37.6 Å². The number of nitro benzene ring substituents is 1. The van der Waals surface area contributed by atoms with Crippen molar-refractivity contribution in [1.29, 1.82) is 0 Å². The van der Waals surface area contributed by atoms with Gasteiger partial charge in [-0.3, -0.25) is 14.9 Å². The van der Waals surface area contributed by atoms with Gasteiger partial charge in [0.25, 0.3) is 11.6 Å². The number of anilines is 1. The van der Waals surface area contributed by atoms with Crippen LogP contribution in [-0.2, 0) is 6.54 Å². The summed E-state index contributed by atoms with van der Waals surface area (Å²) in [5.74, 6) is 1.04. The number of rotatable bonds is 10. The normalized spacial score (nSPS) is 11.2. The number of carbonyl (C=O) groups is 1. The third kappa shape index (κ3) is 5.65. The van der Waals surface area contributed by atoms with Crippen molar-refractivity contribution in [2.24, 2.45) is 0 Å². The van der Waals surface area contributed by atoms with E-state index >= 15 is 0 Å². The second-order valence-corrected chi connectivity index (χ2v) is 8.78. The van der Waals surface area contributed by atoms with Crippen LogP contribution < -0.4 is 10.6 Å². The van der Waals surface area contributed by atoms with Crippen LogP contribution in [0.25, 0.3) is 11.0 Å². The van der Waals surface area contributed by atoms with Crippen LogP contribution in [0.15, 0.2) is 29.6 Å². The molecule has 10 nitrogen and oxygen atoms in total. The Morgan fingerprint density at radius 1 is 1.34 bits per heavy atom. The summed E-state index contributed by atoms with van der Waals surface area (Å²) in [4.78, 5) is 32.4. The lowest BCUT2D eigenvalue weighted by Crippen LogP contribution is -2.28. The van der Waals surface area contributed by atoms with Gasteiger partial charge in [-0.1, -0.05) is 30.3 Å². The number of aromatic nitrogens is 4. The number of fused-ring (bicyclic) bond motifs is 1. The van der Waals surface area contributed by atoms with E-state index in [1.54, 1.807) is 22.6 Å². The summed E-state index contributed by atoms with van der Waals surface area (Å²) in [7, 11) is 0. The van der Waals surface area contributed by atoms with Crippen molar-refractivity contribution in [3.05, 3.63) is 45.1 Å². The molecule has 1 amide bonds. The molecule has 0 spiro atoms. The van der Waals surface area contributed by atoms with Gasteiger partial charge in [0.2, 0.25) is 0 Å². The minimum absolute atomic E-state index is 0.0863. The minimum atomic E-state index is -0.609. The van der Waals surface area contributed by atoms with Gasteiger partial charge in [-0.15, -0.1) is 0 Å². The predicted molar refractivity (Wildman–Crippen MR) is 126 cm³/mol. The molecule has 3 aromatic rings. The molecule has 2 heterocycles. The van der Waals surface area contributed by atoms with Gasteiger partial charge in [0.15, 0.2) is 10.8 Å². The van der Waals surface area contributed by atoms with Crippen molar-refractivity contribution in [1.82, 2.24) is 25.1 Å². The molecule has 0 aliphatic heterocycles. The van der Waals surface area contributed by atoms with Crippen LogP contribution in [-0.4, -0.2) is 48.9 Å². The average Bonchev–Trinajstić information content (AvgIpc) is 3.14. The smallest absolute Gasteiger partial charge is 0.282 e. The predicted octanol–water partition coefficient (Wildman–Crippen LogP) is 4.14. The highest BCUT2D eigenvalue weighted by Gasteiger charge is 2.20. The molecular formula is C20H24ClN7O3S. The summed E-state index contributed by atoms with van der Waals surface area (Å²) in [6.45, 7) is 6.69. The topological polar surface area (TPSA) is 128 Å². The summed E-state index contributed by atoms with van der Waals surface area (Å²) in [5.41, 5.74) is 0.271. The van der Waals surface area contributed by atoms with E-state index in [2.05, 4.69) is 32.6 Å². The molecule has 2 aromatic heterocycles. The molecule has 32 heavy (non-hydrogen) atoms. The van der Waals surface area contributed by atoms with E-state index < -0.39 is 10.8 Å². The lowest BCUT2D eigenvalue weighted by Gasteiger charge is -2.12. The number of hydrogen-bond acceptors (Lipinski definition) is 8. The zero-order chi connectivity index (χ0) is 23.3. The van der Waals surface area contributed by atoms with Gasteiger partial charge in [-0.2, -0.15) is 5.10 Å². The minimum Gasteiger partial charge on any atom is -0.367 e.